The summed E-state index contributed by atoms with van der Waals surface area (Å²) in [6.07, 6.45) is 0. The number of amidine groups is 1. The number of hydrogen-bond donors (Lipinski definition) is 2. The lowest BCUT2D eigenvalue weighted by Crippen LogP contribution is -2.22. The topological polar surface area (TPSA) is 58.6 Å². The van der Waals surface area contributed by atoms with Gasteiger partial charge in [-0.2, -0.15) is 0 Å². The smallest absolute Gasteiger partial charge is 0.142 e. The Labute approximate surface area is 101 Å². The fraction of sp³-hybridized carbons (Fsp3) is 0.417. The number of benzene rings is 1. The molecule has 1 aromatic carbocycles. The van der Waals surface area contributed by atoms with Crippen LogP contribution in [-0.4, -0.2) is 16.8 Å². The molecule has 0 saturated heterocycles. The summed E-state index contributed by atoms with van der Waals surface area (Å²) in [5, 5.41) is 11.6. The van der Waals surface area contributed by atoms with E-state index in [0.29, 0.717) is 0 Å². The zero-order valence-corrected chi connectivity index (χ0v) is 10.7. The van der Waals surface area contributed by atoms with Crippen LogP contribution in [0.25, 0.3) is 0 Å². The summed E-state index contributed by atoms with van der Waals surface area (Å²) in [5.74, 6) is 1.19. The molecule has 88 valence electrons. The van der Waals surface area contributed by atoms with Gasteiger partial charge < -0.3 is 10.9 Å². The maximum atomic E-state index is 8.55. The van der Waals surface area contributed by atoms with E-state index in [1.165, 1.54) is 16.0 Å². The van der Waals surface area contributed by atoms with E-state index in [2.05, 4.69) is 37.2 Å². The molecule has 0 spiro atoms. The van der Waals surface area contributed by atoms with Crippen molar-refractivity contribution in [1.29, 1.82) is 0 Å². The van der Waals surface area contributed by atoms with Crippen molar-refractivity contribution in [3.8, 4) is 0 Å². The van der Waals surface area contributed by atoms with Crippen LogP contribution in [-0.2, 0) is 0 Å². The molecule has 3 nitrogen and oxygen atoms in total. The van der Waals surface area contributed by atoms with Crippen LogP contribution >= 0.6 is 11.8 Å². The summed E-state index contributed by atoms with van der Waals surface area (Å²) in [5.41, 5.74) is 8.07. The van der Waals surface area contributed by atoms with E-state index in [-0.39, 0.29) is 11.8 Å². The van der Waals surface area contributed by atoms with Gasteiger partial charge in [0, 0.05) is 16.6 Å². The molecule has 0 amide bonds. The molecule has 0 fully saturated rings. The molecule has 0 bridgehead atoms. The molecule has 0 radical (unpaired) electrons. The Bertz CT molecular complexity index is 391. The van der Waals surface area contributed by atoms with Gasteiger partial charge in [0.1, 0.15) is 5.84 Å². The molecular formula is C12H18N2OS. The van der Waals surface area contributed by atoms with E-state index in [1.807, 2.05) is 6.92 Å². The van der Waals surface area contributed by atoms with Crippen molar-refractivity contribution in [3.63, 3.8) is 0 Å². The van der Waals surface area contributed by atoms with Gasteiger partial charge in [0.2, 0.25) is 0 Å². The molecule has 0 saturated carbocycles. The summed E-state index contributed by atoms with van der Waals surface area (Å²) >= 11 is 1.74. The lowest BCUT2D eigenvalue weighted by atomic mass is 10.2. The maximum Gasteiger partial charge on any atom is 0.142 e. The van der Waals surface area contributed by atoms with Crippen LogP contribution in [0.4, 0.5) is 0 Å². The quantitative estimate of drug-likeness (QED) is 0.279. The summed E-state index contributed by atoms with van der Waals surface area (Å²) in [4.78, 5) is 1.25. The molecule has 0 aliphatic heterocycles. The van der Waals surface area contributed by atoms with Crippen LogP contribution in [0.15, 0.2) is 28.3 Å². The van der Waals surface area contributed by atoms with Crippen molar-refractivity contribution < 1.29 is 5.21 Å². The van der Waals surface area contributed by atoms with Gasteiger partial charge in [-0.3, -0.25) is 0 Å². The average molecular weight is 238 g/mol. The fourth-order valence-electron chi connectivity index (χ4n) is 1.36. The SMILES string of the molecule is Cc1ccc(SCC(C)/C(N)=N/O)c(C)c1. The van der Waals surface area contributed by atoms with Gasteiger partial charge >= 0.3 is 0 Å². The third-order valence-corrected chi connectivity index (χ3v) is 3.88. The van der Waals surface area contributed by atoms with Crippen molar-refractivity contribution in [2.24, 2.45) is 16.8 Å². The van der Waals surface area contributed by atoms with Crippen LogP contribution in [0.1, 0.15) is 18.1 Å². The highest BCUT2D eigenvalue weighted by atomic mass is 32.2. The van der Waals surface area contributed by atoms with Gasteiger partial charge in [0.05, 0.1) is 0 Å². The van der Waals surface area contributed by atoms with Crippen molar-refractivity contribution in [3.05, 3.63) is 29.3 Å². The Kier molecular flexibility index (Phi) is 4.68. The molecule has 0 aromatic heterocycles. The number of thioether (sulfide) groups is 1. The summed E-state index contributed by atoms with van der Waals surface area (Å²) in [7, 11) is 0. The first-order valence-electron chi connectivity index (χ1n) is 5.22. The Morgan fingerprint density at radius 2 is 2.19 bits per heavy atom. The normalized spacial score (nSPS) is 13.8. The Morgan fingerprint density at radius 1 is 1.50 bits per heavy atom. The van der Waals surface area contributed by atoms with Crippen LogP contribution in [0, 0.1) is 19.8 Å². The number of nitrogens with zero attached hydrogens (tertiary/aromatic N) is 1. The van der Waals surface area contributed by atoms with Crippen LogP contribution in [0.5, 0.6) is 0 Å². The second-order valence-corrected chi connectivity index (χ2v) is 5.07. The number of hydrogen-bond acceptors (Lipinski definition) is 3. The number of aryl methyl sites for hydroxylation is 2. The van der Waals surface area contributed by atoms with Crippen LogP contribution in [0.2, 0.25) is 0 Å². The zero-order chi connectivity index (χ0) is 12.1. The van der Waals surface area contributed by atoms with E-state index in [4.69, 9.17) is 10.9 Å². The maximum absolute atomic E-state index is 8.55. The molecule has 4 heteroatoms. The highest BCUT2D eigenvalue weighted by Gasteiger charge is 2.09. The van der Waals surface area contributed by atoms with Gasteiger partial charge in [0.15, 0.2) is 0 Å². The molecule has 0 aliphatic carbocycles. The van der Waals surface area contributed by atoms with Crippen molar-refractivity contribution >= 4 is 17.6 Å². The zero-order valence-electron chi connectivity index (χ0n) is 9.90. The number of nitrogens with two attached hydrogens (primary N) is 1. The molecule has 1 atom stereocenters. The number of rotatable bonds is 4. The standard InChI is InChI=1S/C12H18N2OS/c1-8-4-5-11(9(2)6-8)16-7-10(3)12(13)14-15/h4-6,10,15H,7H2,1-3H3,(H2,13,14). The largest absolute Gasteiger partial charge is 0.409 e. The van der Waals surface area contributed by atoms with Crippen molar-refractivity contribution in [2.75, 3.05) is 5.75 Å². The van der Waals surface area contributed by atoms with Gasteiger partial charge in [-0.15, -0.1) is 11.8 Å². The van der Waals surface area contributed by atoms with E-state index in [9.17, 15) is 0 Å². The molecule has 1 unspecified atom stereocenters. The van der Waals surface area contributed by atoms with Crippen molar-refractivity contribution in [2.45, 2.75) is 25.7 Å². The molecule has 1 aromatic rings. The molecule has 16 heavy (non-hydrogen) atoms. The van der Waals surface area contributed by atoms with Gasteiger partial charge in [-0.05, 0) is 25.5 Å². The predicted molar refractivity (Wildman–Crippen MR) is 69.2 cm³/mol. The van der Waals surface area contributed by atoms with Crippen molar-refractivity contribution in [1.82, 2.24) is 0 Å². The first-order valence-corrected chi connectivity index (χ1v) is 6.20. The van der Waals surface area contributed by atoms with Crippen LogP contribution < -0.4 is 5.73 Å². The minimum Gasteiger partial charge on any atom is -0.409 e. The highest BCUT2D eigenvalue weighted by Crippen LogP contribution is 2.25. The highest BCUT2D eigenvalue weighted by molar-refractivity contribution is 7.99. The lowest BCUT2D eigenvalue weighted by molar-refractivity contribution is 0.315. The lowest BCUT2D eigenvalue weighted by Gasteiger charge is -2.11. The van der Waals surface area contributed by atoms with Gasteiger partial charge in [-0.25, -0.2) is 0 Å². The second-order valence-electron chi connectivity index (χ2n) is 4.01. The summed E-state index contributed by atoms with van der Waals surface area (Å²) < 4.78 is 0. The number of oxime groups is 1. The molecule has 0 heterocycles. The molecule has 0 aliphatic rings. The minimum atomic E-state index is 0.0794. The predicted octanol–water partition coefficient (Wildman–Crippen LogP) is 2.78. The first-order chi connectivity index (χ1) is 7.54. The van der Waals surface area contributed by atoms with E-state index >= 15 is 0 Å². The van der Waals surface area contributed by atoms with Crippen LogP contribution in [0.3, 0.4) is 0 Å². The third-order valence-electron chi connectivity index (χ3n) is 2.44. The van der Waals surface area contributed by atoms with Gasteiger partial charge in [0.25, 0.3) is 0 Å². The third kappa shape index (κ3) is 3.45. The Balaban J connectivity index is 2.61. The van der Waals surface area contributed by atoms with E-state index in [0.717, 1.165) is 5.75 Å². The molecular weight excluding hydrogens is 220 g/mol. The summed E-state index contributed by atoms with van der Waals surface area (Å²) in [6, 6.07) is 6.38. The average Bonchev–Trinajstić information content (AvgIpc) is 2.26. The Hall–Kier alpha value is -1.16. The Morgan fingerprint density at radius 3 is 2.75 bits per heavy atom. The summed E-state index contributed by atoms with van der Waals surface area (Å²) in [6.45, 7) is 6.13. The first kappa shape index (κ1) is 12.9. The van der Waals surface area contributed by atoms with Gasteiger partial charge in [-0.1, -0.05) is 29.8 Å². The molecule has 3 N–H and O–H groups in total. The minimum absolute atomic E-state index is 0.0794. The van der Waals surface area contributed by atoms with E-state index in [1.54, 1.807) is 11.8 Å². The van der Waals surface area contributed by atoms with E-state index < -0.39 is 0 Å². The monoisotopic (exact) mass is 238 g/mol. The fourth-order valence-corrected chi connectivity index (χ4v) is 2.41. The second kappa shape index (κ2) is 5.80. The molecule has 1 rings (SSSR count).